The largest absolute Gasteiger partial charge is 0.507 e. The highest BCUT2D eigenvalue weighted by atomic mass is 32.1. The molecule has 5 rings (SSSR count). The Labute approximate surface area is 210 Å². The van der Waals surface area contributed by atoms with Crippen LogP contribution in [-0.2, 0) is 9.59 Å². The molecule has 1 amide bonds. The lowest BCUT2D eigenvalue weighted by molar-refractivity contribution is -0.132. The van der Waals surface area contributed by atoms with Crippen molar-refractivity contribution in [1.82, 2.24) is 9.97 Å². The van der Waals surface area contributed by atoms with Crippen molar-refractivity contribution in [2.24, 2.45) is 0 Å². The first-order valence-electron chi connectivity index (χ1n) is 11.0. The Morgan fingerprint density at radius 2 is 1.94 bits per heavy atom. The molecule has 0 aliphatic carbocycles. The Hall–Kier alpha value is -4.50. The first-order chi connectivity index (χ1) is 17.5. The fourth-order valence-electron chi connectivity index (χ4n) is 4.06. The van der Waals surface area contributed by atoms with Crippen LogP contribution in [0.2, 0.25) is 0 Å². The van der Waals surface area contributed by atoms with Crippen molar-refractivity contribution < 1.29 is 24.2 Å². The van der Waals surface area contributed by atoms with E-state index in [0.29, 0.717) is 39.9 Å². The topological polar surface area (TPSA) is 102 Å². The normalized spacial score (nSPS) is 16.9. The van der Waals surface area contributed by atoms with Crippen LogP contribution in [0.1, 0.15) is 17.2 Å². The molecule has 1 aliphatic rings. The summed E-state index contributed by atoms with van der Waals surface area (Å²) in [7, 11) is 1.57. The molecule has 36 heavy (non-hydrogen) atoms. The molecular weight excluding hydrogens is 478 g/mol. The number of pyridine rings is 1. The lowest BCUT2D eigenvalue weighted by atomic mass is 9.95. The summed E-state index contributed by atoms with van der Waals surface area (Å²) in [6.07, 6.45) is 4.63. The van der Waals surface area contributed by atoms with E-state index in [1.54, 1.807) is 61.7 Å². The number of carbonyl (C=O) groups excluding carboxylic acids is 2. The Morgan fingerprint density at radius 3 is 2.69 bits per heavy atom. The van der Waals surface area contributed by atoms with Gasteiger partial charge >= 0.3 is 5.91 Å². The molecule has 2 aromatic heterocycles. The lowest BCUT2D eigenvalue weighted by Crippen LogP contribution is -2.29. The minimum Gasteiger partial charge on any atom is -0.507 e. The molecule has 180 valence electrons. The van der Waals surface area contributed by atoms with Crippen LogP contribution in [0.4, 0.5) is 5.13 Å². The van der Waals surface area contributed by atoms with E-state index < -0.39 is 17.7 Å². The summed E-state index contributed by atoms with van der Waals surface area (Å²) in [4.78, 5) is 36.7. The number of anilines is 1. The molecular formula is C27H21N3O5S. The number of ketones is 1. The molecule has 3 heterocycles. The van der Waals surface area contributed by atoms with Crippen LogP contribution in [-0.4, -0.2) is 40.5 Å². The zero-order valence-corrected chi connectivity index (χ0v) is 20.1. The zero-order chi connectivity index (χ0) is 25.2. The smallest absolute Gasteiger partial charge is 0.301 e. The first kappa shape index (κ1) is 23.3. The molecule has 1 unspecified atom stereocenters. The number of nitrogens with zero attached hydrogens (tertiary/aromatic N) is 3. The number of amides is 1. The average molecular weight is 500 g/mol. The van der Waals surface area contributed by atoms with Gasteiger partial charge in [-0.25, -0.2) is 4.98 Å². The Balaban J connectivity index is 1.70. The number of benzene rings is 2. The van der Waals surface area contributed by atoms with Crippen LogP contribution in [0.15, 0.2) is 85.2 Å². The van der Waals surface area contributed by atoms with Crippen LogP contribution < -0.4 is 14.4 Å². The van der Waals surface area contributed by atoms with Gasteiger partial charge in [0.05, 0.1) is 28.9 Å². The van der Waals surface area contributed by atoms with E-state index in [0.717, 1.165) is 4.70 Å². The Kier molecular flexibility index (Phi) is 6.22. The van der Waals surface area contributed by atoms with Crippen LogP contribution >= 0.6 is 11.3 Å². The van der Waals surface area contributed by atoms with Crippen molar-refractivity contribution in [2.45, 2.75) is 6.04 Å². The molecule has 1 aliphatic heterocycles. The first-order valence-corrected chi connectivity index (χ1v) is 11.8. The number of aliphatic hydroxyl groups excluding tert-OH is 1. The van der Waals surface area contributed by atoms with Crippen molar-refractivity contribution in [3.63, 3.8) is 0 Å². The number of hydrogen-bond acceptors (Lipinski definition) is 8. The molecule has 0 spiro atoms. The maximum Gasteiger partial charge on any atom is 0.301 e. The number of rotatable bonds is 7. The predicted molar refractivity (Wildman–Crippen MR) is 137 cm³/mol. The molecule has 2 aromatic carbocycles. The molecule has 1 atom stereocenters. The second-order valence-corrected chi connectivity index (χ2v) is 8.92. The standard InChI is InChI=1S/C27H21N3O5S/c1-3-13-35-19-6-4-5-17(14-19)23-22(24(31)16-9-11-28-12-10-16)25(32)26(33)30(23)27-29-20-8-7-18(34-2)15-21(20)36-27/h3-12,14-15,23,31H,1,13H2,2H3/b24-22+. The fourth-order valence-corrected chi connectivity index (χ4v) is 5.08. The molecule has 0 radical (unpaired) electrons. The number of ether oxygens (including phenoxy) is 2. The summed E-state index contributed by atoms with van der Waals surface area (Å²) in [5, 5.41) is 11.5. The summed E-state index contributed by atoms with van der Waals surface area (Å²) < 4.78 is 11.8. The highest BCUT2D eigenvalue weighted by Crippen LogP contribution is 2.45. The molecule has 0 bridgehead atoms. The highest BCUT2D eigenvalue weighted by Gasteiger charge is 2.48. The number of aromatic nitrogens is 2. The molecule has 1 fully saturated rings. The van der Waals surface area contributed by atoms with Gasteiger partial charge in [-0.1, -0.05) is 36.1 Å². The van der Waals surface area contributed by atoms with Crippen molar-refractivity contribution in [3.8, 4) is 11.5 Å². The number of Topliss-reactive ketones (excluding diaryl/α,β-unsaturated/α-hetero) is 1. The molecule has 1 saturated heterocycles. The third-order valence-electron chi connectivity index (χ3n) is 5.73. The minimum absolute atomic E-state index is 0.0380. The van der Waals surface area contributed by atoms with Crippen molar-refractivity contribution >= 4 is 44.1 Å². The number of methoxy groups -OCH3 is 1. The quantitative estimate of drug-likeness (QED) is 0.167. The molecule has 9 heteroatoms. The van der Waals surface area contributed by atoms with Gasteiger partial charge in [0, 0.05) is 18.0 Å². The number of thiazole rings is 1. The molecule has 1 N–H and O–H groups in total. The average Bonchev–Trinajstić information content (AvgIpc) is 3.45. The molecule has 8 nitrogen and oxygen atoms in total. The second kappa shape index (κ2) is 9.63. The van der Waals surface area contributed by atoms with Crippen LogP contribution in [0, 0.1) is 0 Å². The van der Waals surface area contributed by atoms with Gasteiger partial charge in [-0.05, 0) is 48.0 Å². The van der Waals surface area contributed by atoms with E-state index in [4.69, 9.17) is 9.47 Å². The zero-order valence-electron chi connectivity index (χ0n) is 19.2. The Bertz CT molecular complexity index is 1510. The van der Waals surface area contributed by atoms with E-state index in [1.807, 2.05) is 6.07 Å². The number of hydrogen-bond donors (Lipinski definition) is 1. The van der Waals surface area contributed by atoms with Crippen molar-refractivity contribution in [2.75, 3.05) is 18.6 Å². The van der Waals surface area contributed by atoms with Crippen molar-refractivity contribution in [1.29, 1.82) is 0 Å². The van der Waals surface area contributed by atoms with Gasteiger partial charge in [0.15, 0.2) is 5.13 Å². The maximum absolute atomic E-state index is 13.4. The van der Waals surface area contributed by atoms with Gasteiger partial charge < -0.3 is 14.6 Å². The van der Waals surface area contributed by atoms with Crippen LogP contribution in [0.25, 0.3) is 16.0 Å². The summed E-state index contributed by atoms with van der Waals surface area (Å²) in [5.41, 5.74) is 1.59. The van der Waals surface area contributed by atoms with E-state index >= 15 is 0 Å². The number of aliphatic hydroxyl groups is 1. The van der Waals surface area contributed by atoms with Gasteiger partial charge in [-0.15, -0.1) is 0 Å². The SMILES string of the molecule is C=CCOc1cccc(C2/C(=C(\O)c3ccncc3)C(=O)C(=O)N2c2nc3ccc(OC)cc3s2)c1. The Morgan fingerprint density at radius 1 is 1.14 bits per heavy atom. The number of carbonyl (C=O) groups is 2. The van der Waals surface area contributed by atoms with E-state index in [-0.39, 0.29) is 11.3 Å². The van der Waals surface area contributed by atoms with Gasteiger partial charge in [-0.2, -0.15) is 0 Å². The van der Waals surface area contributed by atoms with Crippen LogP contribution in [0.3, 0.4) is 0 Å². The summed E-state index contributed by atoms with van der Waals surface area (Å²) in [6, 6.07) is 14.7. The van der Waals surface area contributed by atoms with E-state index in [2.05, 4.69) is 16.5 Å². The predicted octanol–water partition coefficient (Wildman–Crippen LogP) is 4.89. The lowest BCUT2D eigenvalue weighted by Gasteiger charge is -2.23. The van der Waals surface area contributed by atoms with Crippen LogP contribution in [0.5, 0.6) is 11.5 Å². The van der Waals surface area contributed by atoms with Gasteiger partial charge in [0.1, 0.15) is 23.9 Å². The minimum atomic E-state index is -0.923. The van der Waals surface area contributed by atoms with E-state index in [1.165, 1.54) is 28.6 Å². The summed E-state index contributed by atoms with van der Waals surface area (Å²) in [5.74, 6) is -0.678. The monoisotopic (exact) mass is 499 g/mol. The van der Waals surface area contributed by atoms with E-state index in [9.17, 15) is 14.7 Å². The summed E-state index contributed by atoms with van der Waals surface area (Å²) in [6.45, 7) is 3.96. The second-order valence-electron chi connectivity index (χ2n) is 7.91. The molecule has 4 aromatic rings. The van der Waals surface area contributed by atoms with Gasteiger partial charge in [0.25, 0.3) is 5.78 Å². The third kappa shape index (κ3) is 4.09. The van der Waals surface area contributed by atoms with Crippen molar-refractivity contribution in [3.05, 3.63) is 96.3 Å². The number of fused-ring (bicyclic) bond motifs is 1. The summed E-state index contributed by atoms with van der Waals surface area (Å²) >= 11 is 1.26. The van der Waals surface area contributed by atoms with Gasteiger partial charge in [-0.3, -0.25) is 19.5 Å². The fraction of sp³-hybridized carbons (Fsp3) is 0.111. The third-order valence-corrected chi connectivity index (χ3v) is 6.75. The molecule has 0 saturated carbocycles. The van der Waals surface area contributed by atoms with Gasteiger partial charge in [0.2, 0.25) is 0 Å². The highest BCUT2D eigenvalue weighted by molar-refractivity contribution is 7.22. The maximum atomic E-state index is 13.4.